The van der Waals surface area contributed by atoms with E-state index >= 15 is 0 Å². The first-order valence-electron chi connectivity index (χ1n) is 7.92. The number of hydrogen-bond acceptors (Lipinski definition) is 3. The molecule has 7 heteroatoms. The minimum absolute atomic E-state index is 0.0839. The third-order valence-corrected chi connectivity index (χ3v) is 3.63. The molecule has 5 nitrogen and oxygen atoms in total. The number of hydrazone groups is 1. The molecule has 0 bridgehead atoms. The lowest BCUT2D eigenvalue weighted by Crippen LogP contribution is -2.82. The average molecular weight is 374 g/mol. The highest BCUT2D eigenvalue weighted by Crippen LogP contribution is 2.30. The fraction of sp³-hybridized carbons (Fsp3) is 0.158. The second-order valence-electron chi connectivity index (χ2n) is 5.17. The molecule has 0 aliphatic heterocycles. The molecular formula is C19H21FN3O2S+. The summed E-state index contributed by atoms with van der Waals surface area (Å²) in [6, 6.07) is 11.9. The summed E-state index contributed by atoms with van der Waals surface area (Å²) >= 11 is 5.10. The van der Waals surface area contributed by atoms with E-state index < -0.39 is 0 Å². The first-order valence-corrected chi connectivity index (χ1v) is 8.33. The van der Waals surface area contributed by atoms with Gasteiger partial charge in [0.1, 0.15) is 12.4 Å². The minimum Gasteiger partial charge on any atom is -0.493 e. The molecule has 0 saturated heterocycles. The summed E-state index contributed by atoms with van der Waals surface area (Å²) in [4.78, 5) is 0. The Kier molecular flexibility index (Phi) is 7.57. The van der Waals surface area contributed by atoms with Crippen molar-refractivity contribution in [2.45, 2.75) is 6.61 Å². The highest BCUT2D eigenvalue weighted by molar-refractivity contribution is 7.80. The van der Waals surface area contributed by atoms with Crippen LogP contribution in [-0.2, 0) is 6.61 Å². The lowest BCUT2D eigenvalue weighted by molar-refractivity contribution is -0.500. The second kappa shape index (κ2) is 10.1. The van der Waals surface area contributed by atoms with Gasteiger partial charge in [-0.1, -0.05) is 30.3 Å². The highest BCUT2D eigenvalue weighted by Gasteiger charge is 2.12. The van der Waals surface area contributed by atoms with Gasteiger partial charge >= 0.3 is 0 Å². The zero-order valence-corrected chi connectivity index (χ0v) is 15.2. The van der Waals surface area contributed by atoms with Crippen LogP contribution < -0.4 is 25.3 Å². The first-order chi connectivity index (χ1) is 12.7. The quantitative estimate of drug-likeness (QED) is 0.283. The highest BCUT2D eigenvalue weighted by atomic mass is 32.1. The van der Waals surface area contributed by atoms with Crippen LogP contribution in [0, 0.1) is 5.82 Å². The molecule has 0 aromatic heterocycles. The topological polar surface area (TPSA) is 56.5 Å². The number of halogens is 1. The second-order valence-corrected chi connectivity index (χ2v) is 5.58. The Hall–Kier alpha value is -2.93. The summed E-state index contributed by atoms with van der Waals surface area (Å²) in [5.74, 6) is 0.730. The Morgan fingerprint density at radius 2 is 2.08 bits per heavy atom. The molecule has 2 aromatic rings. The van der Waals surface area contributed by atoms with Crippen LogP contribution in [0.2, 0.25) is 0 Å². The normalized spacial score (nSPS) is 10.4. The smallest absolute Gasteiger partial charge is 0.224 e. The van der Waals surface area contributed by atoms with E-state index in [2.05, 4.69) is 22.4 Å². The fourth-order valence-electron chi connectivity index (χ4n) is 2.12. The van der Waals surface area contributed by atoms with Crippen molar-refractivity contribution in [2.24, 2.45) is 0 Å². The van der Waals surface area contributed by atoms with Crippen LogP contribution in [0.1, 0.15) is 11.1 Å². The first kappa shape index (κ1) is 19.4. The van der Waals surface area contributed by atoms with Gasteiger partial charge in [0.15, 0.2) is 11.5 Å². The Labute approximate surface area is 157 Å². The van der Waals surface area contributed by atoms with Crippen molar-refractivity contribution in [3.05, 3.63) is 72.1 Å². The predicted molar refractivity (Wildman–Crippen MR) is 104 cm³/mol. The van der Waals surface area contributed by atoms with Gasteiger partial charge in [0.05, 0.1) is 12.7 Å². The molecule has 0 saturated carbocycles. The van der Waals surface area contributed by atoms with Crippen LogP contribution in [0.3, 0.4) is 0 Å². The van der Waals surface area contributed by atoms with E-state index in [0.29, 0.717) is 28.7 Å². The Bertz CT molecular complexity index is 796. The molecule has 136 valence electrons. The number of nitrogens with one attached hydrogen (secondary N) is 3. The number of benzene rings is 2. The maximum Gasteiger partial charge on any atom is 0.224 e. The molecule has 2 rings (SSSR count). The van der Waals surface area contributed by atoms with Crippen molar-refractivity contribution in [2.75, 3.05) is 13.7 Å². The number of thiocarbonyl (C=S) groups is 1. The summed E-state index contributed by atoms with van der Waals surface area (Å²) in [5, 5.41) is 6.25. The van der Waals surface area contributed by atoms with Gasteiger partial charge in [-0.15, -0.1) is 17.1 Å². The van der Waals surface area contributed by atoms with Crippen molar-refractivity contribution in [3.63, 3.8) is 0 Å². The van der Waals surface area contributed by atoms with E-state index in [1.54, 1.807) is 43.7 Å². The molecule has 0 radical (unpaired) electrons. The number of rotatable bonds is 8. The molecule has 0 heterocycles. The van der Waals surface area contributed by atoms with Crippen molar-refractivity contribution >= 4 is 23.5 Å². The van der Waals surface area contributed by atoms with E-state index in [4.69, 9.17) is 21.7 Å². The van der Waals surface area contributed by atoms with Gasteiger partial charge in [0.2, 0.25) is 11.3 Å². The molecule has 3 N–H and O–H groups in total. The summed E-state index contributed by atoms with van der Waals surface area (Å²) in [5.41, 5.74) is 4.01. The molecule has 0 amide bonds. The van der Waals surface area contributed by atoms with Crippen molar-refractivity contribution in [1.82, 2.24) is 10.7 Å². The van der Waals surface area contributed by atoms with Crippen LogP contribution in [-0.4, -0.2) is 25.0 Å². The Morgan fingerprint density at radius 1 is 1.27 bits per heavy atom. The van der Waals surface area contributed by atoms with Gasteiger partial charge in [0.25, 0.3) is 0 Å². The zero-order chi connectivity index (χ0) is 18.8. The van der Waals surface area contributed by atoms with Gasteiger partial charge in [-0.25, -0.2) is 4.39 Å². The predicted octanol–water partition coefficient (Wildman–Crippen LogP) is 1.48. The Balaban J connectivity index is 2.13. The van der Waals surface area contributed by atoms with E-state index in [1.165, 1.54) is 6.07 Å². The van der Waals surface area contributed by atoms with Gasteiger partial charge < -0.3 is 14.8 Å². The zero-order valence-electron chi connectivity index (χ0n) is 14.4. The standard InChI is InChI=1S/C19H20FN3O2S/c1-3-11-21-19(26)23-22-12-14-8-6-10-17(24-2)18(14)25-13-15-7-4-5-9-16(15)20/h3-10,12H,1,11,13H2,2H3,(H2,21,23,26)/p+1. The summed E-state index contributed by atoms with van der Waals surface area (Å²) in [6.07, 6.45) is 3.38. The molecule has 0 fully saturated rings. The number of ether oxygens (including phenoxy) is 2. The van der Waals surface area contributed by atoms with Crippen LogP contribution in [0.5, 0.6) is 11.5 Å². The average Bonchev–Trinajstić information content (AvgIpc) is 2.66. The molecule has 0 aliphatic carbocycles. The SMILES string of the molecule is C=CCNC(=S)N[NH+]=Cc1cccc(OC)c1OCc1ccccc1F. The van der Waals surface area contributed by atoms with Crippen molar-refractivity contribution in [3.8, 4) is 11.5 Å². The maximum absolute atomic E-state index is 13.8. The number of hydrogen-bond donors (Lipinski definition) is 3. The van der Waals surface area contributed by atoms with Crippen LogP contribution in [0.4, 0.5) is 4.39 Å². The van der Waals surface area contributed by atoms with E-state index in [0.717, 1.165) is 5.56 Å². The molecule has 0 atom stereocenters. The largest absolute Gasteiger partial charge is 0.493 e. The van der Waals surface area contributed by atoms with Crippen LogP contribution in [0.15, 0.2) is 55.1 Å². The minimum atomic E-state index is -0.314. The van der Waals surface area contributed by atoms with E-state index in [1.807, 2.05) is 12.1 Å². The van der Waals surface area contributed by atoms with Crippen molar-refractivity contribution < 1.29 is 19.0 Å². The monoisotopic (exact) mass is 374 g/mol. The van der Waals surface area contributed by atoms with Gasteiger partial charge in [-0.05, 0) is 30.4 Å². The van der Waals surface area contributed by atoms with Gasteiger partial charge in [0, 0.05) is 12.1 Å². The lowest BCUT2D eigenvalue weighted by Gasteiger charge is -2.12. The third-order valence-electron chi connectivity index (χ3n) is 3.38. The van der Waals surface area contributed by atoms with Crippen molar-refractivity contribution in [1.29, 1.82) is 0 Å². The Morgan fingerprint density at radius 3 is 2.81 bits per heavy atom. The molecule has 2 aromatic carbocycles. The summed E-state index contributed by atoms with van der Waals surface area (Å²) < 4.78 is 25.0. The number of para-hydroxylation sites is 1. The molecule has 26 heavy (non-hydrogen) atoms. The molecule has 0 unspecified atom stereocenters. The molecular weight excluding hydrogens is 353 g/mol. The van der Waals surface area contributed by atoms with Crippen LogP contribution >= 0.6 is 12.2 Å². The van der Waals surface area contributed by atoms with Crippen LogP contribution in [0.25, 0.3) is 0 Å². The summed E-state index contributed by atoms with van der Waals surface area (Å²) in [7, 11) is 1.55. The number of methoxy groups -OCH3 is 1. The van der Waals surface area contributed by atoms with Gasteiger partial charge in [-0.2, -0.15) is 0 Å². The molecule has 0 aliphatic rings. The fourth-order valence-corrected chi connectivity index (χ4v) is 2.26. The lowest BCUT2D eigenvalue weighted by atomic mass is 10.2. The van der Waals surface area contributed by atoms with E-state index in [9.17, 15) is 4.39 Å². The number of hydrazine groups is 1. The summed E-state index contributed by atoms with van der Waals surface area (Å²) in [6.45, 7) is 4.25. The third kappa shape index (κ3) is 5.56. The maximum atomic E-state index is 13.8. The van der Waals surface area contributed by atoms with E-state index in [-0.39, 0.29) is 12.4 Å². The molecule has 0 spiro atoms. The van der Waals surface area contributed by atoms with Gasteiger partial charge in [-0.3, -0.25) is 0 Å².